The first-order chi connectivity index (χ1) is 8.20. The van der Waals surface area contributed by atoms with Crippen LogP contribution in [0, 0.1) is 0 Å². The minimum absolute atomic E-state index is 0.302. The molecule has 2 N–H and O–H groups in total. The monoisotopic (exact) mass is 255 g/mol. The van der Waals surface area contributed by atoms with Crippen LogP contribution >= 0.6 is 11.8 Å². The number of hydrogen-bond donors (Lipinski definition) is 1. The summed E-state index contributed by atoms with van der Waals surface area (Å²) < 4.78 is 10.2. The molecule has 0 saturated heterocycles. The van der Waals surface area contributed by atoms with Crippen molar-refractivity contribution in [3.8, 4) is 5.75 Å². The van der Waals surface area contributed by atoms with E-state index < -0.39 is 5.97 Å². The Balaban J connectivity index is 2.68. The van der Waals surface area contributed by atoms with Crippen LogP contribution in [0.1, 0.15) is 17.3 Å². The van der Waals surface area contributed by atoms with Crippen LogP contribution in [0.4, 0.5) is 5.69 Å². The third-order valence-electron chi connectivity index (χ3n) is 2.15. The van der Waals surface area contributed by atoms with Gasteiger partial charge in [0.25, 0.3) is 0 Å². The SMILES string of the molecule is CCSCCOC(=O)c1c(N)cccc1OC. The highest BCUT2D eigenvalue weighted by Gasteiger charge is 2.16. The summed E-state index contributed by atoms with van der Waals surface area (Å²) in [7, 11) is 1.50. The third kappa shape index (κ3) is 3.85. The predicted molar refractivity (Wildman–Crippen MR) is 70.7 cm³/mol. The molecule has 17 heavy (non-hydrogen) atoms. The van der Waals surface area contributed by atoms with Gasteiger partial charge < -0.3 is 15.2 Å². The second-order valence-electron chi connectivity index (χ2n) is 3.26. The number of hydrogen-bond acceptors (Lipinski definition) is 5. The van der Waals surface area contributed by atoms with E-state index in [2.05, 4.69) is 6.92 Å². The highest BCUT2D eigenvalue weighted by Crippen LogP contribution is 2.24. The number of anilines is 1. The lowest BCUT2D eigenvalue weighted by atomic mass is 10.1. The Labute approximate surface area is 105 Å². The van der Waals surface area contributed by atoms with Gasteiger partial charge >= 0.3 is 5.97 Å². The van der Waals surface area contributed by atoms with Crippen molar-refractivity contribution in [2.75, 3.05) is 31.0 Å². The predicted octanol–water partition coefficient (Wildman–Crippen LogP) is 2.19. The maximum Gasteiger partial charge on any atom is 0.344 e. The second-order valence-corrected chi connectivity index (χ2v) is 4.65. The normalized spacial score (nSPS) is 10.0. The van der Waals surface area contributed by atoms with Crippen LogP contribution in [0.25, 0.3) is 0 Å². The van der Waals surface area contributed by atoms with E-state index in [0.717, 1.165) is 11.5 Å². The molecule has 5 heteroatoms. The molecule has 0 amide bonds. The maximum absolute atomic E-state index is 11.8. The van der Waals surface area contributed by atoms with E-state index in [9.17, 15) is 4.79 Å². The Morgan fingerprint density at radius 1 is 1.47 bits per heavy atom. The molecule has 94 valence electrons. The fourth-order valence-corrected chi connectivity index (χ4v) is 1.84. The fraction of sp³-hybridized carbons (Fsp3) is 0.417. The van der Waals surface area contributed by atoms with Crippen LogP contribution in [0.3, 0.4) is 0 Å². The highest BCUT2D eigenvalue weighted by atomic mass is 32.2. The zero-order valence-corrected chi connectivity index (χ0v) is 10.9. The van der Waals surface area contributed by atoms with E-state index in [0.29, 0.717) is 23.6 Å². The molecule has 1 aromatic rings. The lowest BCUT2D eigenvalue weighted by molar-refractivity contribution is 0.0528. The van der Waals surface area contributed by atoms with Crippen LogP contribution < -0.4 is 10.5 Å². The standard InChI is InChI=1S/C12H17NO3S/c1-3-17-8-7-16-12(14)11-9(13)5-4-6-10(11)15-2/h4-6H,3,7-8,13H2,1-2H3. The Kier molecular flexibility index (Phi) is 5.69. The van der Waals surface area contributed by atoms with E-state index in [1.54, 1.807) is 30.0 Å². The molecular weight excluding hydrogens is 238 g/mol. The second kappa shape index (κ2) is 7.06. The number of carbonyl (C=O) groups is 1. The zero-order valence-electron chi connectivity index (χ0n) is 10.1. The molecule has 0 aromatic heterocycles. The van der Waals surface area contributed by atoms with Gasteiger partial charge in [0.05, 0.1) is 7.11 Å². The van der Waals surface area contributed by atoms with E-state index in [1.165, 1.54) is 7.11 Å². The molecule has 0 saturated carbocycles. The number of nitrogens with two attached hydrogens (primary N) is 1. The fourth-order valence-electron chi connectivity index (χ4n) is 1.35. The Hall–Kier alpha value is -1.36. The first-order valence-corrected chi connectivity index (χ1v) is 6.53. The number of nitrogen functional groups attached to an aromatic ring is 1. The molecule has 0 fully saturated rings. The van der Waals surface area contributed by atoms with Crippen molar-refractivity contribution in [1.82, 2.24) is 0 Å². The van der Waals surface area contributed by atoms with E-state index in [4.69, 9.17) is 15.2 Å². The van der Waals surface area contributed by atoms with Crippen LogP contribution in [0.15, 0.2) is 18.2 Å². The zero-order chi connectivity index (χ0) is 12.7. The maximum atomic E-state index is 11.8. The molecule has 0 unspecified atom stereocenters. The summed E-state index contributed by atoms with van der Waals surface area (Å²) >= 11 is 1.72. The summed E-state index contributed by atoms with van der Waals surface area (Å²) in [5.74, 6) is 1.81. The van der Waals surface area contributed by atoms with E-state index in [1.807, 2.05) is 0 Å². The molecule has 0 radical (unpaired) electrons. The first kappa shape index (κ1) is 13.7. The van der Waals surface area contributed by atoms with Crippen LogP contribution in [0.2, 0.25) is 0 Å². The molecular formula is C12H17NO3S. The Morgan fingerprint density at radius 2 is 2.24 bits per heavy atom. The highest BCUT2D eigenvalue weighted by molar-refractivity contribution is 7.99. The van der Waals surface area contributed by atoms with Gasteiger partial charge in [0.2, 0.25) is 0 Å². The van der Waals surface area contributed by atoms with Crippen molar-refractivity contribution in [3.05, 3.63) is 23.8 Å². The molecule has 0 spiro atoms. The molecule has 0 aliphatic heterocycles. The number of carbonyl (C=O) groups excluding carboxylic acids is 1. The summed E-state index contributed by atoms with van der Waals surface area (Å²) in [4.78, 5) is 11.8. The largest absolute Gasteiger partial charge is 0.496 e. The quantitative estimate of drug-likeness (QED) is 0.479. The van der Waals surface area contributed by atoms with Crippen LogP contribution in [-0.2, 0) is 4.74 Å². The number of thioether (sulfide) groups is 1. The van der Waals surface area contributed by atoms with Gasteiger partial charge in [-0.25, -0.2) is 4.79 Å². The van der Waals surface area contributed by atoms with Crippen molar-refractivity contribution in [2.24, 2.45) is 0 Å². The van der Waals surface area contributed by atoms with E-state index >= 15 is 0 Å². The number of methoxy groups -OCH3 is 1. The molecule has 0 aliphatic rings. The van der Waals surface area contributed by atoms with Gasteiger partial charge in [-0.15, -0.1) is 0 Å². The number of rotatable bonds is 6. The average Bonchev–Trinajstić information content (AvgIpc) is 2.34. The number of ether oxygens (including phenoxy) is 2. The van der Waals surface area contributed by atoms with Gasteiger partial charge in [-0.3, -0.25) is 0 Å². The lowest BCUT2D eigenvalue weighted by Gasteiger charge is -2.10. The van der Waals surface area contributed by atoms with Gasteiger partial charge in [-0.05, 0) is 17.9 Å². The van der Waals surface area contributed by atoms with Crippen molar-refractivity contribution in [1.29, 1.82) is 0 Å². The van der Waals surface area contributed by atoms with Gasteiger partial charge in [-0.1, -0.05) is 13.0 Å². The van der Waals surface area contributed by atoms with Gasteiger partial charge in [0.15, 0.2) is 0 Å². The van der Waals surface area contributed by atoms with Crippen molar-refractivity contribution in [3.63, 3.8) is 0 Å². The summed E-state index contributed by atoms with van der Waals surface area (Å²) in [5.41, 5.74) is 6.42. The summed E-state index contributed by atoms with van der Waals surface area (Å²) in [5, 5.41) is 0. The smallest absolute Gasteiger partial charge is 0.344 e. The van der Waals surface area contributed by atoms with E-state index in [-0.39, 0.29) is 0 Å². The minimum atomic E-state index is -0.434. The molecule has 0 heterocycles. The molecule has 0 atom stereocenters. The van der Waals surface area contributed by atoms with Crippen LogP contribution in [0.5, 0.6) is 5.75 Å². The molecule has 1 aromatic carbocycles. The molecule has 4 nitrogen and oxygen atoms in total. The Bertz CT molecular complexity index is 382. The van der Waals surface area contributed by atoms with Gasteiger partial charge in [0, 0.05) is 11.4 Å². The van der Waals surface area contributed by atoms with Crippen molar-refractivity contribution in [2.45, 2.75) is 6.92 Å². The summed E-state index contributed by atoms with van der Waals surface area (Å²) in [6.07, 6.45) is 0. The average molecular weight is 255 g/mol. The minimum Gasteiger partial charge on any atom is -0.496 e. The first-order valence-electron chi connectivity index (χ1n) is 5.38. The molecule has 1 rings (SSSR count). The summed E-state index contributed by atoms with van der Waals surface area (Å²) in [6, 6.07) is 5.07. The molecule has 0 bridgehead atoms. The van der Waals surface area contributed by atoms with Gasteiger partial charge in [-0.2, -0.15) is 11.8 Å². The van der Waals surface area contributed by atoms with Crippen molar-refractivity contribution < 1.29 is 14.3 Å². The topological polar surface area (TPSA) is 61.5 Å². The van der Waals surface area contributed by atoms with Gasteiger partial charge in [0.1, 0.15) is 17.9 Å². The molecule has 0 aliphatic carbocycles. The number of esters is 1. The lowest BCUT2D eigenvalue weighted by Crippen LogP contribution is -2.12. The summed E-state index contributed by atoms with van der Waals surface area (Å²) in [6.45, 7) is 2.44. The third-order valence-corrected chi connectivity index (χ3v) is 3.01. The Morgan fingerprint density at radius 3 is 2.88 bits per heavy atom. The number of benzene rings is 1. The van der Waals surface area contributed by atoms with Crippen molar-refractivity contribution >= 4 is 23.4 Å². The van der Waals surface area contributed by atoms with Crippen LogP contribution in [-0.4, -0.2) is 31.2 Å².